The van der Waals surface area contributed by atoms with E-state index in [-0.39, 0.29) is 5.97 Å². The van der Waals surface area contributed by atoms with Gasteiger partial charge in [0.1, 0.15) is 5.54 Å². The van der Waals surface area contributed by atoms with Crippen molar-refractivity contribution in [2.75, 3.05) is 26.7 Å². The van der Waals surface area contributed by atoms with Crippen molar-refractivity contribution in [3.8, 4) is 0 Å². The van der Waals surface area contributed by atoms with Crippen molar-refractivity contribution in [3.63, 3.8) is 0 Å². The first kappa shape index (κ1) is 17.4. The van der Waals surface area contributed by atoms with Crippen LogP contribution < -0.4 is 5.73 Å². The van der Waals surface area contributed by atoms with Crippen LogP contribution in [0.25, 0.3) is 0 Å². The lowest BCUT2D eigenvalue weighted by Gasteiger charge is -2.24. The Balaban J connectivity index is 2.23. The maximum atomic E-state index is 11.5. The number of carbonyl (C=O) groups excluding carboxylic acids is 1. The molecular formula is C16H32N2O2. The third kappa shape index (κ3) is 5.80. The summed E-state index contributed by atoms with van der Waals surface area (Å²) < 4.78 is 4.73. The molecule has 0 aromatic carbocycles. The van der Waals surface area contributed by atoms with Crippen LogP contribution in [-0.2, 0) is 9.53 Å². The molecule has 1 rings (SSSR count). The van der Waals surface area contributed by atoms with Gasteiger partial charge in [0.05, 0.1) is 7.11 Å². The number of hydrogen-bond acceptors (Lipinski definition) is 4. The maximum Gasteiger partial charge on any atom is 0.325 e. The zero-order chi connectivity index (χ0) is 15.2. The van der Waals surface area contributed by atoms with E-state index in [1.807, 2.05) is 0 Å². The third-order valence-corrected chi connectivity index (χ3v) is 4.50. The molecule has 1 unspecified atom stereocenters. The number of methoxy groups -OCH3 is 1. The zero-order valence-electron chi connectivity index (χ0n) is 13.7. The lowest BCUT2D eigenvalue weighted by molar-refractivity contribution is -0.146. The van der Waals surface area contributed by atoms with Crippen molar-refractivity contribution in [2.45, 2.75) is 64.8 Å². The molecule has 1 aliphatic heterocycles. The highest BCUT2D eigenvalue weighted by atomic mass is 16.5. The van der Waals surface area contributed by atoms with Crippen LogP contribution >= 0.6 is 0 Å². The molecule has 118 valence electrons. The molecule has 0 radical (unpaired) electrons. The molecule has 1 atom stereocenters. The second-order valence-corrected chi connectivity index (χ2v) is 7.23. The zero-order valence-corrected chi connectivity index (χ0v) is 13.7. The molecule has 0 amide bonds. The molecule has 4 heteroatoms. The highest BCUT2D eigenvalue weighted by molar-refractivity contribution is 5.79. The molecule has 1 aliphatic rings. The van der Waals surface area contributed by atoms with Gasteiger partial charge in [-0.25, -0.2) is 0 Å². The highest BCUT2D eigenvalue weighted by Crippen LogP contribution is 2.29. The van der Waals surface area contributed by atoms with Gasteiger partial charge in [0.15, 0.2) is 0 Å². The SMILES string of the molecule is COC(=O)C(C)(N)CCCCN1CCCC(C)(C)CC1. The second kappa shape index (κ2) is 7.41. The van der Waals surface area contributed by atoms with Crippen molar-refractivity contribution in [2.24, 2.45) is 11.1 Å². The second-order valence-electron chi connectivity index (χ2n) is 7.23. The van der Waals surface area contributed by atoms with E-state index in [1.54, 1.807) is 6.92 Å². The summed E-state index contributed by atoms with van der Waals surface area (Å²) >= 11 is 0. The largest absolute Gasteiger partial charge is 0.468 e. The number of nitrogens with zero attached hydrogens (tertiary/aromatic N) is 1. The number of nitrogens with two attached hydrogens (primary N) is 1. The van der Waals surface area contributed by atoms with Gasteiger partial charge in [-0.3, -0.25) is 4.79 Å². The van der Waals surface area contributed by atoms with E-state index >= 15 is 0 Å². The third-order valence-electron chi connectivity index (χ3n) is 4.50. The Kier molecular flexibility index (Phi) is 6.46. The van der Waals surface area contributed by atoms with Crippen LogP contribution in [0, 0.1) is 5.41 Å². The Hall–Kier alpha value is -0.610. The molecule has 0 spiro atoms. The van der Waals surface area contributed by atoms with Gasteiger partial charge in [-0.15, -0.1) is 0 Å². The number of carbonyl (C=O) groups is 1. The molecule has 0 aromatic heterocycles. The van der Waals surface area contributed by atoms with Crippen molar-refractivity contribution in [3.05, 3.63) is 0 Å². The standard InChI is InChI=1S/C16H32N2O2/c1-15(2)8-7-12-18(13-10-15)11-6-5-9-16(3,17)14(19)20-4/h5-13,17H2,1-4H3. The number of likely N-dealkylation sites (tertiary alicyclic amines) is 1. The summed E-state index contributed by atoms with van der Waals surface area (Å²) in [5, 5.41) is 0. The van der Waals surface area contributed by atoms with Gasteiger partial charge >= 0.3 is 5.97 Å². The minimum atomic E-state index is -0.838. The summed E-state index contributed by atoms with van der Waals surface area (Å²) in [5.41, 5.74) is 5.62. The molecule has 2 N–H and O–H groups in total. The van der Waals surface area contributed by atoms with Crippen molar-refractivity contribution in [1.82, 2.24) is 4.90 Å². The Labute approximate surface area is 124 Å². The predicted molar refractivity (Wildman–Crippen MR) is 82.5 cm³/mol. The van der Waals surface area contributed by atoms with Crippen LogP contribution in [0.15, 0.2) is 0 Å². The van der Waals surface area contributed by atoms with Crippen molar-refractivity contribution < 1.29 is 9.53 Å². The molecule has 0 aliphatic carbocycles. The quantitative estimate of drug-likeness (QED) is 0.601. The summed E-state index contributed by atoms with van der Waals surface area (Å²) in [7, 11) is 1.40. The first-order valence-electron chi connectivity index (χ1n) is 7.86. The van der Waals surface area contributed by atoms with E-state index in [0.29, 0.717) is 11.8 Å². The molecule has 4 nitrogen and oxygen atoms in total. The summed E-state index contributed by atoms with van der Waals surface area (Å²) in [6.07, 6.45) is 6.67. The number of unbranched alkanes of at least 4 members (excludes halogenated alkanes) is 1. The van der Waals surface area contributed by atoms with Gasteiger partial charge in [0.2, 0.25) is 0 Å². The van der Waals surface area contributed by atoms with Gasteiger partial charge in [0, 0.05) is 0 Å². The number of rotatable bonds is 6. The monoisotopic (exact) mass is 284 g/mol. The van der Waals surface area contributed by atoms with E-state index in [0.717, 1.165) is 19.4 Å². The Morgan fingerprint density at radius 2 is 2.00 bits per heavy atom. The smallest absolute Gasteiger partial charge is 0.325 e. The average Bonchev–Trinajstić information content (AvgIpc) is 2.55. The van der Waals surface area contributed by atoms with Crippen molar-refractivity contribution >= 4 is 5.97 Å². The van der Waals surface area contributed by atoms with Crippen LogP contribution in [0.5, 0.6) is 0 Å². The molecule has 0 aromatic rings. The van der Waals surface area contributed by atoms with E-state index in [9.17, 15) is 4.79 Å². The van der Waals surface area contributed by atoms with E-state index in [1.165, 1.54) is 39.5 Å². The van der Waals surface area contributed by atoms with Crippen LogP contribution in [0.1, 0.15) is 59.3 Å². The van der Waals surface area contributed by atoms with Crippen LogP contribution in [0.3, 0.4) is 0 Å². The van der Waals surface area contributed by atoms with Gasteiger partial charge in [0.25, 0.3) is 0 Å². The van der Waals surface area contributed by atoms with Gasteiger partial charge in [-0.1, -0.05) is 13.8 Å². The summed E-state index contributed by atoms with van der Waals surface area (Å²) in [6, 6.07) is 0. The molecule has 1 saturated heterocycles. The fraction of sp³-hybridized carbons (Fsp3) is 0.938. The summed E-state index contributed by atoms with van der Waals surface area (Å²) in [6.45, 7) is 10.0. The molecule has 0 saturated carbocycles. The Morgan fingerprint density at radius 1 is 1.30 bits per heavy atom. The van der Waals surface area contributed by atoms with Gasteiger partial charge in [-0.2, -0.15) is 0 Å². The minimum Gasteiger partial charge on any atom is -0.468 e. The minimum absolute atomic E-state index is 0.311. The van der Waals surface area contributed by atoms with Gasteiger partial charge < -0.3 is 15.4 Å². The first-order chi connectivity index (χ1) is 9.27. The van der Waals surface area contributed by atoms with E-state index in [2.05, 4.69) is 18.7 Å². The molecule has 1 fully saturated rings. The first-order valence-corrected chi connectivity index (χ1v) is 7.86. The summed E-state index contributed by atoms with van der Waals surface area (Å²) in [5.74, 6) is -0.311. The lowest BCUT2D eigenvalue weighted by Crippen LogP contribution is -2.45. The molecule has 1 heterocycles. The number of ether oxygens (including phenoxy) is 1. The normalized spacial score (nSPS) is 22.9. The fourth-order valence-corrected chi connectivity index (χ4v) is 2.87. The fourth-order valence-electron chi connectivity index (χ4n) is 2.87. The van der Waals surface area contributed by atoms with Crippen molar-refractivity contribution in [1.29, 1.82) is 0 Å². The number of esters is 1. The van der Waals surface area contributed by atoms with Crippen LogP contribution in [0.2, 0.25) is 0 Å². The molecule has 0 bridgehead atoms. The van der Waals surface area contributed by atoms with E-state index in [4.69, 9.17) is 10.5 Å². The highest BCUT2D eigenvalue weighted by Gasteiger charge is 2.28. The Bertz CT molecular complexity index is 314. The molecule has 20 heavy (non-hydrogen) atoms. The topological polar surface area (TPSA) is 55.6 Å². The number of hydrogen-bond donors (Lipinski definition) is 1. The van der Waals surface area contributed by atoms with Crippen LogP contribution in [-0.4, -0.2) is 43.2 Å². The maximum absolute atomic E-state index is 11.5. The Morgan fingerprint density at radius 3 is 2.65 bits per heavy atom. The average molecular weight is 284 g/mol. The van der Waals surface area contributed by atoms with E-state index < -0.39 is 5.54 Å². The predicted octanol–water partition coefficient (Wildman–Crippen LogP) is 2.56. The lowest BCUT2D eigenvalue weighted by atomic mass is 9.85. The molecular weight excluding hydrogens is 252 g/mol. The van der Waals surface area contributed by atoms with Gasteiger partial charge in [-0.05, 0) is 70.5 Å². The van der Waals surface area contributed by atoms with Crippen LogP contribution in [0.4, 0.5) is 0 Å². The summed E-state index contributed by atoms with van der Waals surface area (Å²) in [4.78, 5) is 14.0.